The molecule has 0 saturated heterocycles. The van der Waals surface area contributed by atoms with Gasteiger partial charge in [0.2, 0.25) is 0 Å². The first-order valence-electron chi connectivity index (χ1n) is 9.60. The van der Waals surface area contributed by atoms with Gasteiger partial charge in [0.1, 0.15) is 5.75 Å². The Morgan fingerprint density at radius 2 is 1.43 bits per heavy atom. The monoisotopic (exact) mass is 423 g/mol. The van der Waals surface area contributed by atoms with Crippen molar-refractivity contribution in [3.63, 3.8) is 0 Å². The second kappa shape index (κ2) is 8.71. The van der Waals surface area contributed by atoms with Crippen molar-refractivity contribution < 1.29 is 17.9 Å². The molecule has 0 aromatic heterocycles. The van der Waals surface area contributed by atoms with Gasteiger partial charge in [0, 0.05) is 0 Å². The summed E-state index contributed by atoms with van der Waals surface area (Å²) < 4.78 is 33.4. The van der Waals surface area contributed by atoms with E-state index in [4.69, 9.17) is 4.74 Å². The van der Waals surface area contributed by atoms with Crippen LogP contribution in [0, 0.1) is 27.7 Å². The minimum atomic E-state index is -4.11. The van der Waals surface area contributed by atoms with E-state index >= 15 is 0 Å². The fourth-order valence-corrected chi connectivity index (χ4v) is 4.58. The molecule has 6 heteroatoms. The van der Waals surface area contributed by atoms with Crippen molar-refractivity contribution in [3.05, 3.63) is 89.0 Å². The van der Waals surface area contributed by atoms with Crippen molar-refractivity contribution in [2.24, 2.45) is 0 Å². The van der Waals surface area contributed by atoms with Gasteiger partial charge in [-0.1, -0.05) is 42.5 Å². The minimum Gasteiger partial charge on any atom is -0.483 e. The Labute approximate surface area is 178 Å². The Balaban J connectivity index is 2.02. The molecule has 0 atom stereocenters. The topological polar surface area (TPSA) is 63.7 Å². The summed E-state index contributed by atoms with van der Waals surface area (Å²) in [5.74, 6) is -0.102. The Morgan fingerprint density at radius 3 is 2.10 bits per heavy atom. The summed E-state index contributed by atoms with van der Waals surface area (Å²) in [6, 6.07) is 19.0. The lowest BCUT2D eigenvalue weighted by Crippen LogP contribution is -2.40. The van der Waals surface area contributed by atoms with E-state index in [1.165, 1.54) is 12.1 Å². The highest BCUT2D eigenvalue weighted by atomic mass is 32.2. The van der Waals surface area contributed by atoms with Gasteiger partial charge in [-0.25, -0.2) is 8.42 Å². The number of benzene rings is 3. The zero-order valence-electron chi connectivity index (χ0n) is 17.5. The highest BCUT2D eigenvalue weighted by Crippen LogP contribution is 2.28. The third-order valence-electron chi connectivity index (χ3n) is 4.79. The predicted molar refractivity (Wildman–Crippen MR) is 118 cm³/mol. The molecule has 1 amide bonds. The van der Waals surface area contributed by atoms with Crippen molar-refractivity contribution >= 4 is 21.6 Å². The summed E-state index contributed by atoms with van der Waals surface area (Å²) in [5.41, 5.74) is 3.73. The molecular weight excluding hydrogens is 398 g/mol. The van der Waals surface area contributed by atoms with Crippen LogP contribution >= 0.6 is 0 Å². The van der Waals surface area contributed by atoms with Gasteiger partial charge in [-0.3, -0.25) is 4.79 Å². The van der Waals surface area contributed by atoms with Crippen LogP contribution in [0.15, 0.2) is 71.6 Å². The van der Waals surface area contributed by atoms with Crippen LogP contribution in [0.2, 0.25) is 0 Å². The Kier molecular flexibility index (Phi) is 6.27. The van der Waals surface area contributed by atoms with E-state index in [0.717, 1.165) is 21.0 Å². The fourth-order valence-electron chi connectivity index (χ4n) is 3.09. The third-order valence-corrected chi connectivity index (χ3v) is 6.54. The number of ether oxygens (including phenoxy) is 1. The van der Waals surface area contributed by atoms with Gasteiger partial charge in [-0.05, 0) is 74.2 Å². The summed E-state index contributed by atoms with van der Waals surface area (Å²) >= 11 is 0. The predicted octanol–water partition coefficient (Wildman–Crippen LogP) is 4.72. The molecule has 0 bridgehead atoms. The number of rotatable bonds is 6. The second-order valence-corrected chi connectivity index (χ2v) is 9.11. The second-order valence-electron chi connectivity index (χ2n) is 7.32. The number of anilines is 1. The van der Waals surface area contributed by atoms with Crippen molar-refractivity contribution in [1.29, 1.82) is 0 Å². The molecule has 0 aliphatic heterocycles. The molecule has 0 radical (unpaired) electrons. The number of hydrogen-bond donors (Lipinski definition) is 0. The lowest BCUT2D eigenvalue weighted by atomic mass is 10.1. The number of amides is 1. The molecule has 0 aliphatic rings. The van der Waals surface area contributed by atoms with Gasteiger partial charge < -0.3 is 4.74 Å². The molecule has 0 spiro atoms. The molecule has 3 aromatic rings. The highest BCUT2D eigenvalue weighted by Gasteiger charge is 2.32. The van der Waals surface area contributed by atoms with Crippen LogP contribution in [-0.4, -0.2) is 20.9 Å². The molecule has 156 valence electrons. The first kappa shape index (κ1) is 21.6. The average Bonchev–Trinajstić information content (AvgIpc) is 2.72. The Bertz CT molecular complexity index is 1170. The zero-order valence-corrected chi connectivity index (χ0v) is 18.4. The molecule has 5 nitrogen and oxygen atoms in total. The smallest absolute Gasteiger partial charge is 0.278 e. The maximum Gasteiger partial charge on any atom is 0.278 e. The molecule has 3 aromatic carbocycles. The Morgan fingerprint density at radius 1 is 0.833 bits per heavy atom. The van der Waals surface area contributed by atoms with Gasteiger partial charge in [0.25, 0.3) is 15.9 Å². The molecule has 3 rings (SSSR count). The third kappa shape index (κ3) is 4.54. The molecule has 0 aliphatic carbocycles. The van der Waals surface area contributed by atoms with E-state index in [9.17, 15) is 13.2 Å². The van der Waals surface area contributed by atoms with E-state index in [1.807, 2.05) is 45.0 Å². The first-order chi connectivity index (χ1) is 14.2. The normalized spacial score (nSPS) is 11.2. The number of carbonyl (C=O) groups excluding carboxylic acids is 1. The van der Waals surface area contributed by atoms with E-state index in [0.29, 0.717) is 17.0 Å². The van der Waals surface area contributed by atoms with Gasteiger partial charge in [-0.2, -0.15) is 4.31 Å². The largest absolute Gasteiger partial charge is 0.483 e. The van der Waals surface area contributed by atoms with Crippen LogP contribution in [0.5, 0.6) is 5.75 Å². The minimum absolute atomic E-state index is 0.0472. The van der Waals surface area contributed by atoms with Crippen LogP contribution in [0.25, 0.3) is 0 Å². The van der Waals surface area contributed by atoms with Crippen LogP contribution < -0.4 is 9.04 Å². The quantitative estimate of drug-likeness (QED) is 0.575. The van der Waals surface area contributed by atoms with Crippen molar-refractivity contribution in [2.45, 2.75) is 32.6 Å². The standard InChI is InChI=1S/C24H25NO4S/c1-17-10-12-19(3)22(14-17)25(30(27,28)21-8-6-5-7-9-21)24(26)16-29-23-15-18(2)11-13-20(23)4/h5-15H,16H2,1-4H3. The fraction of sp³-hybridized carbons (Fsp3) is 0.208. The number of hydrogen-bond acceptors (Lipinski definition) is 4. The zero-order chi connectivity index (χ0) is 21.9. The SMILES string of the molecule is Cc1ccc(C)c(OCC(=O)N(c2cc(C)ccc2C)S(=O)(=O)c2ccccc2)c1. The number of carbonyl (C=O) groups is 1. The lowest BCUT2D eigenvalue weighted by molar-refractivity contribution is -0.119. The van der Waals surface area contributed by atoms with E-state index < -0.39 is 22.5 Å². The van der Waals surface area contributed by atoms with E-state index in [1.54, 1.807) is 37.3 Å². The summed E-state index contributed by atoms with van der Waals surface area (Å²) in [7, 11) is -4.11. The maximum absolute atomic E-state index is 13.4. The van der Waals surface area contributed by atoms with Gasteiger partial charge >= 0.3 is 0 Å². The van der Waals surface area contributed by atoms with Gasteiger partial charge in [-0.15, -0.1) is 0 Å². The highest BCUT2D eigenvalue weighted by molar-refractivity contribution is 7.93. The molecule has 0 fully saturated rings. The number of nitrogens with zero attached hydrogens (tertiary/aromatic N) is 1. The van der Waals surface area contributed by atoms with E-state index in [2.05, 4.69) is 0 Å². The first-order valence-corrected chi connectivity index (χ1v) is 11.0. The van der Waals surface area contributed by atoms with Crippen LogP contribution in [0.4, 0.5) is 5.69 Å². The van der Waals surface area contributed by atoms with E-state index in [-0.39, 0.29) is 4.90 Å². The molecule has 0 saturated carbocycles. The summed E-state index contributed by atoms with van der Waals surface area (Å²) in [6.45, 7) is 7.04. The molecule has 0 unspecified atom stereocenters. The van der Waals surface area contributed by atoms with Gasteiger partial charge in [0.05, 0.1) is 10.6 Å². The lowest BCUT2D eigenvalue weighted by Gasteiger charge is -2.25. The van der Waals surface area contributed by atoms with Crippen molar-refractivity contribution in [2.75, 3.05) is 10.9 Å². The number of aryl methyl sites for hydroxylation is 4. The molecule has 0 heterocycles. The van der Waals surface area contributed by atoms with Crippen molar-refractivity contribution in [3.8, 4) is 5.75 Å². The van der Waals surface area contributed by atoms with Crippen molar-refractivity contribution in [1.82, 2.24) is 0 Å². The van der Waals surface area contributed by atoms with Crippen LogP contribution in [0.1, 0.15) is 22.3 Å². The summed E-state index contributed by atoms with van der Waals surface area (Å²) in [5, 5.41) is 0. The molecule has 0 N–H and O–H groups in total. The van der Waals surface area contributed by atoms with Gasteiger partial charge in [0.15, 0.2) is 6.61 Å². The number of sulfonamides is 1. The summed E-state index contributed by atoms with van der Waals surface area (Å²) in [6.07, 6.45) is 0. The summed E-state index contributed by atoms with van der Waals surface area (Å²) in [4.78, 5) is 13.3. The maximum atomic E-state index is 13.4. The van der Waals surface area contributed by atoms with Crippen LogP contribution in [0.3, 0.4) is 0 Å². The van der Waals surface area contributed by atoms with Crippen LogP contribution in [-0.2, 0) is 14.8 Å². The molecular formula is C24H25NO4S. The molecule has 30 heavy (non-hydrogen) atoms. The average molecular weight is 424 g/mol. The Hall–Kier alpha value is -3.12.